The van der Waals surface area contributed by atoms with Gasteiger partial charge in [-0.25, -0.2) is 14.8 Å². The molecule has 6 heteroatoms. The summed E-state index contributed by atoms with van der Waals surface area (Å²) in [6.45, 7) is 3.63. The minimum absolute atomic E-state index is 0.171. The third-order valence-corrected chi connectivity index (χ3v) is 4.19. The Kier molecular flexibility index (Phi) is 4.29. The van der Waals surface area contributed by atoms with Crippen molar-refractivity contribution in [3.05, 3.63) is 58.7 Å². The lowest BCUT2D eigenvalue weighted by atomic mass is 10.0. The van der Waals surface area contributed by atoms with Crippen LogP contribution in [0.1, 0.15) is 56.7 Å². The zero-order valence-electron chi connectivity index (χ0n) is 13.6. The zero-order chi connectivity index (χ0) is 17.3. The van der Waals surface area contributed by atoms with Gasteiger partial charge in [-0.05, 0) is 62.4 Å². The molecule has 1 fully saturated rings. The monoisotopic (exact) mass is 325 g/mol. The number of nitrogens with one attached hydrogen (secondary N) is 1. The lowest BCUT2D eigenvalue weighted by Gasteiger charge is -2.18. The van der Waals surface area contributed by atoms with Crippen molar-refractivity contribution in [2.45, 2.75) is 32.7 Å². The maximum Gasteiger partial charge on any atom is 0.335 e. The Morgan fingerprint density at radius 3 is 2.58 bits per heavy atom. The van der Waals surface area contributed by atoms with Crippen molar-refractivity contribution in [3.8, 4) is 0 Å². The molecule has 6 nitrogen and oxygen atoms in total. The smallest absolute Gasteiger partial charge is 0.335 e. The number of aromatic carboxylic acids is 1. The van der Waals surface area contributed by atoms with E-state index in [2.05, 4.69) is 15.3 Å². The first-order chi connectivity index (χ1) is 11.5. The summed E-state index contributed by atoms with van der Waals surface area (Å²) in [4.78, 5) is 32.4. The van der Waals surface area contributed by atoms with E-state index in [0.29, 0.717) is 22.9 Å². The van der Waals surface area contributed by atoms with Gasteiger partial charge in [-0.15, -0.1) is 0 Å². The van der Waals surface area contributed by atoms with Crippen LogP contribution in [0.4, 0.5) is 0 Å². The maximum atomic E-state index is 12.6. The average molecular weight is 325 g/mol. The molecule has 1 aliphatic rings. The number of rotatable bonds is 5. The fraction of sp³-hybridized carbons (Fsp3) is 0.333. The molecule has 0 bridgehead atoms. The van der Waals surface area contributed by atoms with Gasteiger partial charge in [0.1, 0.15) is 0 Å². The average Bonchev–Trinajstić information content (AvgIpc) is 3.36. The van der Waals surface area contributed by atoms with Crippen LogP contribution in [0.25, 0.3) is 0 Å². The highest BCUT2D eigenvalue weighted by Gasteiger charge is 2.35. The van der Waals surface area contributed by atoms with Crippen molar-refractivity contribution in [3.63, 3.8) is 0 Å². The lowest BCUT2D eigenvalue weighted by molar-refractivity contribution is 0.0696. The molecule has 0 radical (unpaired) electrons. The summed E-state index contributed by atoms with van der Waals surface area (Å²) in [7, 11) is 0. The van der Waals surface area contributed by atoms with Crippen LogP contribution in [0.3, 0.4) is 0 Å². The van der Waals surface area contributed by atoms with Gasteiger partial charge >= 0.3 is 5.97 Å². The van der Waals surface area contributed by atoms with Crippen LogP contribution in [0.5, 0.6) is 0 Å². The number of hydrogen-bond acceptors (Lipinski definition) is 4. The highest BCUT2D eigenvalue weighted by Crippen LogP contribution is 2.40. The Labute approximate surface area is 140 Å². The minimum atomic E-state index is -1.01. The predicted molar refractivity (Wildman–Crippen MR) is 87.8 cm³/mol. The number of carboxylic acid groups (broad SMARTS) is 1. The molecule has 24 heavy (non-hydrogen) atoms. The Morgan fingerprint density at radius 1 is 1.25 bits per heavy atom. The summed E-state index contributed by atoms with van der Waals surface area (Å²) < 4.78 is 0. The lowest BCUT2D eigenvalue weighted by Crippen LogP contribution is -2.31. The number of carbonyl (C=O) groups excluding carboxylic acids is 1. The molecule has 0 saturated heterocycles. The van der Waals surface area contributed by atoms with Gasteiger partial charge in [0.25, 0.3) is 5.91 Å². The van der Waals surface area contributed by atoms with E-state index in [-0.39, 0.29) is 17.5 Å². The maximum absolute atomic E-state index is 12.6. The highest BCUT2D eigenvalue weighted by molar-refractivity contribution is 5.97. The third kappa shape index (κ3) is 3.42. The van der Waals surface area contributed by atoms with E-state index >= 15 is 0 Å². The van der Waals surface area contributed by atoms with E-state index in [1.54, 1.807) is 19.2 Å². The fourth-order valence-corrected chi connectivity index (χ4v) is 2.71. The SMILES string of the molecule is Cc1ccnc(C(NC(=O)c2ccc(C(=O)O)cc2C)C2CC2)n1. The number of carbonyl (C=O) groups is 2. The van der Waals surface area contributed by atoms with Crippen LogP contribution >= 0.6 is 0 Å². The molecular weight excluding hydrogens is 306 g/mol. The molecule has 1 unspecified atom stereocenters. The van der Waals surface area contributed by atoms with E-state index in [0.717, 1.165) is 18.5 Å². The fourth-order valence-electron chi connectivity index (χ4n) is 2.71. The molecule has 0 spiro atoms. The van der Waals surface area contributed by atoms with Gasteiger partial charge in [-0.3, -0.25) is 4.79 Å². The Bertz CT molecular complexity index is 800. The van der Waals surface area contributed by atoms with Crippen LogP contribution < -0.4 is 5.32 Å². The van der Waals surface area contributed by atoms with Crippen molar-refractivity contribution >= 4 is 11.9 Å². The van der Waals surface area contributed by atoms with E-state index < -0.39 is 5.97 Å². The molecule has 1 saturated carbocycles. The van der Waals surface area contributed by atoms with Gasteiger partial charge < -0.3 is 10.4 Å². The van der Waals surface area contributed by atoms with Gasteiger partial charge in [-0.1, -0.05) is 0 Å². The number of amides is 1. The number of carboxylic acids is 1. The van der Waals surface area contributed by atoms with Gasteiger partial charge in [0.2, 0.25) is 0 Å². The number of aryl methyl sites for hydroxylation is 2. The molecule has 1 aliphatic carbocycles. The zero-order valence-corrected chi connectivity index (χ0v) is 13.6. The quantitative estimate of drug-likeness (QED) is 0.881. The molecule has 1 aromatic heterocycles. The van der Waals surface area contributed by atoms with Crippen molar-refractivity contribution in [2.24, 2.45) is 5.92 Å². The van der Waals surface area contributed by atoms with Crippen LogP contribution in [-0.4, -0.2) is 27.0 Å². The molecule has 124 valence electrons. The van der Waals surface area contributed by atoms with E-state index in [9.17, 15) is 9.59 Å². The Hall–Kier alpha value is -2.76. The first-order valence-electron chi connectivity index (χ1n) is 7.90. The van der Waals surface area contributed by atoms with Gasteiger partial charge in [0.15, 0.2) is 5.82 Å². The van der Waals surface area contributed by atoms with Crippen molar-refractivity contribution in [1.82, 2.24) is 15.3 Å². The van der Waals surface area contributed by atoms with E-state index in [1.165, 1.54) is 12.1 Å². The van der Waals surface area contributed by atoms with Crippen molar-refractivity contribution in [2.75, 3.05) is 0 Å². The van der Waals surface area contributed by atoms with Crippen LogP contribution in [0.2, 0.25) is 0 Å². The summed E-state index contributed by atoms with van der Waals surface area (Å²) in [5.41, 5.74) is 2.14. The van der Waals surface area contributed by atoms with Crippen LogP contribution in [0, 0.1) is 19.8 Å². The molecule has 0 aliphatic heterocycles. The van der Waals surface area contributed by atoms with Crippen molar-refractivity contribution < 1.29 is 14.7 Å². The third-order valence-electron chi connectivity index (χ3n) is 4.19. The summed E-state index contributed by atoms with van der Waals surface area (Å²) in [5, 5.41) is 12.0. The van der Waals surface area contributed by atoms with Crippen molar-refractivity contribution in [1.29, 1.82) is 0 Å². The molecule has 2 aromatic rings. The predicted octanol–water partition coefficient (Wildman–Crippen LogP) is 2.67. The second-order valence-corrected chi connectivity index (χ2v) is 6.18. The van der Waals surface area contributed by atoms with Gasteiger partial charge in [-0.2, -0.15) is 0 Å². The first kappa shape index (κ1) is 16.1. The number of benzene rings is 1. The molecule has 1 atom stereocenters. The largest absolute Gasteiger partial charge is 0.478 e. The van der Waals surface area contributed by atoms with E-state index in [4.69, 9.17) is 5.11 Å². The second kappa shape index (κ2) is 6.39. The topological polar surface area (TPSA) is 92.2 Å². The summed E-state index contributed by atoms with van der Waals surface area (Å²) >= 11 is 0. The molecule has 1 amide bonds. The van der Waals surface area contributed by atoms with Crippen LogP contribution in [0.15, 0.2) is 30.5 Å². The normalized spacial score (nSPS) is 14.9. The number of hydrogen-bond donors (Lipinski definition) is 2. The molecular formula is C18H19N3O3. The molecule has 3 rings (SSSR count). The standard InChI is InChI=1S/C18H19N3O3/c1-10-9-13(18(23)24)5-6-14(10)17(22)21-15(12-3-4-12)16-19-8-7-11(2)20-16/h5-9,12,15H,3-4H2,1-2H3,(H,21,22)(H,23,24). The van der Waals surface area contributed by atoms with Crippen LogP contribution in [-0.2, 0) is 0 Å². The minimum Gasteiger partial charge on any atom is -0.478 e. The van der Waals surface area contributed by atoms with Gasteiger partial charge in [0.05, 0.1) is 11.6 Å². The highest BCUT2D eigenvalue weighted by atomic mass is 16.4. The Balaban J connectivity index is 1.83. The molecule has 2 N–H and O–H groups in total. The van der Waals surface area contributed by atoms with E-state index in [1.807, 2.05) is 13.0 Å². The second-order valence-electron chi connectivity index (χ2n) is 6.18. The Morgan fingerprint density at radius 2 is 2.00 bits per heavy atom. The molecule has 1 aromatic carbocycles. The summed E-state index contributed by atoms with van der Waals surface area (Å²) in [5.74, 6) is -0.250. The number of nitrogens with zero attached hydrogens (tertiary/aromatic N) is 2. The molecule has 1 heterocycles. The first-order valence-corrected chi connectivity index (χ1v) is 7.90. The van der Waals surface area contributed by atoms with Gasteiger partial charge in [0, 0.05) is 17.5 Å². The summed E-state index contributed by atoms with van der Waals surface area (Å²) in [6.07, 6.45) is 3.78. The number of aromatic nitrogens is 2. The summed E-state index contributed by atoms with van der Waals surface area (Å²) in [6, 6.07) is 6.11.